The number of halogens is 1. The van der Waals surface area contributed by atoms with E-state index in [1.807, 2.05) is 0 Å². The first-order chi connectivity index (χ1) is 11.1. The molecule has 1 aromatic heterocycles. The predicted molar refractivity (Wildman–Crippen MR) is 81.8 cm³/mol. The second-order valence-corrected chi connectivity index (χ2v) is 5.98. The Labute approximate surface area is 134 Å². The summed E-state index contributed by atoms with van der Waals surface area (Å²) in [6.07, 6.45) is 8.57. The molecule has 0 radical (unpaired) electrons. The molecule has 7 heteroatoms. The SMILES string of the molecule is C#CCCC1(CCC(=O)NC2(c3ccc(F)cn3)CNC2)N=N1. The summed E-state index contributed by atoms with van der Waals surface area (Å²) in [6.45, 7) is 1.16. The Morgan fingerprint density at radius 3 is 2.70 bits per heavy atom. The summed E-state index contributed by atoms with van der Waals surface area (Å²) in [5.74, 6) is 2.08. The van der Waals surface area contributed by atoms with E-state index in [2.05, 4.69) is 31.8 Å². The molecule has 2 N–H and O–H groups in total. The zero-order chi connectivity index (χ0) is 16.3. The monoisotopic (exact) mass is 315 g/mol. The summed E-state index contributed by atoms with van der Waals surface area (Å²) in [4.78, 5) is 16.4. The summed E-state index contributed by atoms with van der Waals surface area (Å²) in [7, 11) is 0. The molecule has 1 fully saturated rings. The standard InChI is InChI=1S/C16H18FN5O/c1-2-3-7-16(21-22-16)8-6-14(23)20-15(10-18-11-15)13-5-4-12(17)9-19-13/h1,4-5,9,18H,3,6-8,10-11H2,(H,20,23). The van der Waals surface area contributed by atoms with Crippen LogP contribution in [0.15, 0.2) is 28.6 Å². The lowest BCUT2D eigenvalue weighted by molar-refractivity contribution is -0.124. The van der Waals surface area contributed by atoms with Gasteiger partial charge in [0.2, 0.25) is 5.91 Å². The first-order valence-corrected chi connectivity index (χ1v) is 7.59. The molecular weight excluding hydrogens is 297 g/mol. The first kappa shape index (κ1) is 15.6. The number of carbonyl (C=O) groups is 1. The molecule has 3 heterocycles. The molecule has 1 saturated heterocycles. The van der Waals surface area contributed by atoms with E-state index in [1.54, 1.807) is 6.07 Å². The van der Waals surface area contributed by atoms with Gasteiger partial charge in [-0.25, -0.2) is 4.39 Å². The van der Waals surface area contributed by atoms with Crippen molar-refractivity contribution in [2.24, 2.45) is 10.2 Å². The van der Waals surface area contributed by atoms with Crippen LogP contribution < -0.4 is 10.6 Å². The molecule has 1 amide bonds. The lowest BCUT2D eigenvalue weighted by Crippen LogP contribution is -2.66. The number of rotatable bonds is 7. The molecular formula is C16H18FN5O. The van der Waals surface area contributed by atoms with Crippen molar-refractivity contribution in [2.45, 2.75) is 36.9 Å². The molecule has 3 rings (SSSR count). The Hall–Kier alpha value is -2.33. The van der Waals surface area contributed by atoms with Crippen LogP contribution in [-0.2, 0) is 10.3 Å². The van der Waals surface area contributed by atoms with Crippen molar-refractivity contribution in [3.63, 3.8) is 0 Å². The van der Waals surface area contributed by atoms with Gasteiger partial charge < -0.3 is 10.6 Å². The first-order valence-electron chi connectivity index (χ1n) is 7.59. The molecule has 0 atom stereocenters. The second-order valence-electron chi connectivity index (χ2n) is 5.98. The van der Waals surface area contributed by atoms with Crippen molar-refractivity contribution in [1.82, 2.24) is 15.6 Å². The quantitative estimate of drug-likeness (QED) is 0.748. The van der Waals surface area contributed by atoms with Crippen LogP contribution in [0.5, 0.6) is 0 Å². The molecule has 0 unspecified atom stereocenters. The number of terminal acetylenes is 1. The average molecular weight is 315 g/mol. The normalized spacial score (nSPS) is 19.5. The Bertz CT molecular complexity index is 654. The smallest absolute Gasteiger partial charge is 0.220 e. The average Bonchev–Trinajstić information content (AvgIpc) is 3.28. The molecule has 0 spiro atoms. The number of nitrogens with one attached hydrogen (secondary N) is 2. The summed E-state index contributed by atoms with van der Waals surface area (Å²) in [6, 6.07) is 2.96. The van der Waals surface area contributed by atoms with Crippen LogP contribution in [-0.4, -0.2) is 29.6 Å². The number of carbonyl (C=O) groups excluding carboxylic acids is 1. The zero-order valence-electron chi connectivity index (χ0n) is 12.7. The van der Waals surface area contributed by atoms with Crippen molar-refractivity contribution >= 4 is 5.91 Å². The molecule has 23 heavy (non-hydrogen) atoms. The summed E-state index contributed by atoms with van der Waals surface area (Å²) in [5.41, 5.74) is -0.355. The highest BCUT2D eigenvalue weighted by Crippen LogP contribution is 2.37. The van der Waals surface area contributed by atoms with Crippen LogP contribution in [0.2, 0.25) is 0 Å². The zero-order valence-corrected chi connectivity index (χ0v) is 12.7. The van der Waals surface area contributed by atoms with E-state index in [9.17, 15) is 9.18 Å². The minimum atomic E-state index is -0.561. The van der Waals surface area contributed by atoms with Crippen LogP contribution in [0.3, 0.4) is 0 Å². The number of hydrogen-bond donors (Lipinski definition) is 2. The van der Waals surface area contributed by atoms with Gasteiger partial charge in [0, 0.05) is 38.8 Å². The van der Waals surface area contributed by atoms with Crippen LogP contribution in [0, 0.1) is 18.2 Å². The molecule has 0 aliphatic carbocycles. The maximum Gasteiger partial charge on any atom is 0.220 e. The number of hydrogen-bond acceptors (Lipinski definition) is 5. The number of amides is 1. The lowest BCUT2D eigenvalue weighted by atomic mass is 9.87. The van der Waals surface area contributed by atoms with Gasteiger partial charge in [-0.3, -0.25) is 9.78 Å². The third-order valence-corrected chi connectivity index (χ3v) is 4.25. The van der Waals surface area contributed by atoms with Gasteiger partial charge in [-0.05, 0) is 12.1 Å². The molecule has 0 saturated carbocycles. The van der Waals surface area contributed by atoms with E-state index < -0.39 is 17.0 Å². The van der Waals surface area contributed by atoms with E-state index in [4.69, 9.17) is 6.42 Å². The Morgan fingerprint density at radius 2 is 2.17 bits per heavy atom. The Balaban J connectivity index is 1.56. The molecule has 120 valence electrons. The van der Waals surface area contributed by atoms with Crippen LogP contribution >= 0.6 is 0 Å². The van der Waals surface area contributed by atoms with E-state index in [0.717, 1.165) is 0 Å². The van der Waals surface area contributed by atoms with Gasteiger partial charge in [-0.15, -0.1) is 12.3 Å². The van der Waals surface area contributed by atoms with Gasteiger partial charge in [0.05, 0.1) is 11.9 Å². The van der Waals surface area contributed by atoms with Crippen molar-refractivity contribution in [1.29, 1.82) is 0 Å². The fourth-order valence-electron chi connectivity index (χ4n) is 2.68. The van der Waals surface area contributed by atoms with Gasteiger partial charge in [0.25, 0.3) is 0 Å². The molecule has 6 nitrogen and oxygen atoms in total. The summed E-state index contributed by atoms with van der Waals surface area (Å²) in [5, 5.41) is 14.2. The van der Waals surface area contributed by atoms with E-state index in [0.29, 0.717) is 44.5 Å². The van der Waals surface area contributed by atoms with Gasteiger partial charge in [0.1, 0.15) is 11.4 Å². The molecule has 1 aromatic rings. The molecule has 0 bridgehead atoms. The maximum absolute atomic E-state index is 13.0. The molecule has 2 aliphatic heterocycles. The van der Waals surface area contributed by atoms with Gasteiger partial charge in [-0.2, -0.15) is 10.2 Å². The van der Waals surface area contributed by atoms with Gasteiger partial charge in [-0.1, -0.05) is 0 Å². The Morgan fingerprint density at radius 1 is 1.39 bits per heavy atom. The Kier molecular flexibility index (Phi) is 4.09. The molecule has 0 aromatic carbocycles. The minimum Gasteiger partial charge on any atom is -0.342 e. The van der Waals surface area contributed by atoms with Crippen molar-refractivity contribution in [3.8, 4) is 12.3 Å². The highest BCUT2D eigenvalue weighted by molar-refractivity contribution is 5.77. The largest absolute Gasteiger partial charge is 0.342 e. The van der Waals surface area contributed by atoms with Crippen LogP contribution in [0.4, 0.5) is 4.39 Å². The third kappa shape index (κ3) is 3.37. The van der Waals surface area contributed by atoms with Crippen LogP contribution in [0.1, 0.15) is 31.4 Å². The highest BCUT2D eigenvalue weighted by Gasteiger charge is 2.43. The number of aromatic nitrogens is 1. The van der Waals surface area contributed by atoms with E-state index in [1.165, 1.54) is 12.3 Å². The van der Waals surface area contributed by atoms with Crippen molar-refractivity contribution in [2.75, 3.05) is 13.1 Å². The third-order valence-electron chi connectivity index (χ3n) is 4.25. The predicted octanol–water partition coefficient (Wildman–Crippen LogP) is 1.49. The van der Waals surface area contributed by atoms with E-state index in [-0.39, 0.29) is 5.91 Å². The van der Waals surface area contributed by atoms with E-state index >= 15 is 0 Å². The fourth-order valence-corrected chi connectivity index (χ4v) is 2.68. The lowest BCUT2D eigenvalue weighted by Gasteiger charge is -2.42. The summed E-state index contributed by atoms with van der Waals surface area (Å²) < 4.78 is 13.0. The second kappa shape index (κ2) is 6.05. The minimum absolute atomic E-state index is 0.0880. The van der Waals surface area contributed by atoms with Crippen LogP contribution in [0.25, 0.3) is 0 Å². The van der Waals surface area contributed by atoms with Gasteiger partial charge in [0.15, 0.2) is 5.66 Å². The van der Waals surface area contributed by atoms with Crippen molar-refractivity contribution in [3.05, 3.63) is 29.8 Å². The maximum atomic E-state index is 13.0. The topological polar surface area (TPSA) is 78.7 Å². The summed E-state index contributed by atoms with van der Waals surface area (Å²) >= 11 is 0. The van der Waals surface area contributed by atoms with Crippen molar-refractivity contribution < 1.29 is 9.18 Å². The molecule has 2 aliphatic rings. The fraction of sp³-hybridized carbons (Fsp3) is 0.500. The highest BCUT2D eigenvalue weighted by atomic mass is 19.1. The number of pyridine rings is 1. The number of nitrogens with zero attached hydrogens (tertiary/aromatic N) is 3. The van der Waals surface area contributed by atoms with Gasteiger partial charge >= 0.3 is 0 Å².